The molecule has 0 bridgehead atoms. The first-order valence-electron chi connectivity index (χ1n) is 5.86. The van der Waals surface area contributed by atoms with E-state index in [9.17, 15) is 0 Å². The van der Waals surface area contributed by atoms with E-state index in [1.807, 2.05) is 0 Å². The van der Waals surface area contributed by atoms with E-state index in [2.05, 4.69) is 39.6 Å². The topological polar surface area (TPSA) is 21.7 Å². The van der Waals surface area contributed by atoms with Gasteiger partial charge in [0, 0.05) is 5.82 Å². The van der Waals surface area contributed by atoms with Gasteiger partial charge in [-0.25, -0.2) is 0 Å². The second-order valence-electron chi connectivity index (χ2n) is 5.94. The van der Waals surface area contributed by atoms with Crippen molar-refractivity contribution < 1.29 is 9.31 Å². The van der Waals surface area contributed by atoms with Crippen molar-refractivity contribution in [2.24, 2.45) is 0 Å². The Kier molecular flexibility index (Phi) is 2.65. The Labute approximate surface area is 93.3 Å². The molecule has 0 aromatic heterocycles. The maximum absolute atomic E-state index is 6.05. The number of likely N-dealkylation sites (tertiary alicyclic amines) is 1. The van der Waals surface area contributed by atoms with E-state index in [0.29, 0.717) is 5.82 Å². The minimum absolute atomic E-state index is 0.0139. The third-order valence-electron chi connectivity index (χ3n) is 4.08. The van der Waals surface area contributed by atoms with Gasteiger partial charge < -0.3 is 14.2 Å². The summed E-state index contributed by atoms with van der Waals surface area (Å²) in [5, 5.41) is 0. The van der Waals surface area contributed by atoms with E-state index in [1.54, 1.807) is 0 Å². The highest BCUT2D eigenvalue weighted by molar-refractivity contribution is 6.47. The lowest BCUT2D eigenvalue weighted by Crippen LogP contribution is -2.41. The van der Waals surface area contributed by atoms with E-state index >= 15 is 0 Å². The number of hydrogen-bond acceptors (Lipinski definition) is 3. The molecule has 1 atom stereocenters. The zero-order valence-corrected chi connectivity index (χ0v) is 10.5. The van der Waals surface area contributed by atoms with Gasteiger partial charge in [-0.1, -0.05) is 0 Å². The highest BCUT2D eigenvalue weighted by Crippen LogP contribution is 2.41. The van der Waals surface area contributed by atoms with E-state index < -0.39 is 0 Å². The van der Waals surface area contributed by atoms with Gasteiger partial charge in [0.2, 0.25) is 0 Å². The Morgan fingerprint density at radius 1 is 1.13 bits per heavy atom. The molecule has 2 heterocycles. The molecule has 0 aromatic carbocycles. The Balaban J connectivity index is 2.03. The van der Waals surface area contributed by atoms with Gasteiger partial charge in [0.15, 0.2) is 0 Å². The Morgan fingerprint density at radius 3 is 2.07 bits per heavy atom. The van der Waals surface area contributed by atoms with E-state index in [0.717, 1.165) is 13.1 Å². The quantitative estimate of drug-likeness (QED) is 0.617. The molecule has 3 nitrogen and oxygen atoms in total. The molecular weight excluding hydrogens is 189 g/mol. The van der Waals surface area contributed by atoms with Crippen LogP contribution in [0.15, 0.2) is 0 Å². The lowest BCUT2D eigenvalue weighted by atomic mass is 9.71. The van der Waals surface area contributed by atoms with E-state index in [1.165, 1.54) is 6.42 Å². The Hall–Kier alpha value is -0.0551. The van der Waals surface area contributed by atoms with Crippen LogP contribution in [-0.4, -0.2) is 43.4 Å². The predicted octanol–water partition coefficient (Wildman–Crippen LogP) is 1.78. The second-order valence-corrected chi connectivity index (χ2v) is 5.94. The molecule has 0 radical (unpaired) electrons. The largest absolute Gasteiger partial charge is 0.462 e. The van der Waals surface area contributed by atoms with Crippen molar-refractivity contribution in [3.63, 3.8) is 0 Å². The smallest absolute Gasteiger partial charge is 0.403 e. The molecule has 0 amide bonds. The van der Waals surface area contributed by atoms with Crippen molar-refractivity contribution in [1.82, 2.24) is 4.90 Å². The fourth-order valence-corrected chi connectivity index (χ4v) is 2.27. The van der Waals surface area contributed by atoms with Crippen LogP contribution >= 0.6 is 0 Å². The standard InChI is InChI=1S/C11H22BNO2/c1-10(2)11(3,4)15-12(14-10)9-6-7-13(5)8-9/h9H,6-8H2,1-5H3. The molecule has 0 N–H and O–H groups in total. The zero-order valence-electron chi connectivity index (χ0n) is 10.5. The molecule has 2 aliphatic rings. The SMILES string of the molecule is CN1CCC(B2OC(C)(C)C(C)(C)O2)C1. The van der Waals surface area contributed by atoms with E-state index in [-0.39, 0.29) is 18.3 Å². The van der Waals surface area contributed by atoms with Crippen LogP contribution in [0.4, 0.5) is 0 Å². The average molecular weight is 211 g/mol. The van der Waals surface area contributed by atoms with Gasteiger partial charge in [0.1, 0.15) is 0 Å². The van der Waals surface area contributed by atoms with Crippen LogP contribution < -0.4 is 0 Å². The minimum Gasteiger partial charge on any atom is -0.403 e. The summed E-state index contributed by atoms with van der Waals surface area (Å²) in [7, 11) is 2.14. The molecule has 86 valence electrons. The summed E-state index contributed by atoms with van der Waals surface area (Å²) < 4.78 is 12.1. The first-order chi connectivity index (χ1) is 6.82. The third-order valence-corrected chi connectivity index (χ3v) is 4.08. The highest BCUT2D eigenvalue weighted by Gasteiger charge is 2.54. The monoisotopic (exact) mass is 211 g/mol. The van der Waals surface area contributed by atoms with Gasteiger partial charge >= 0.3 is 7.12 Å². The molecule has 2 rings (SSSR count). The molecule has 1 unspecified atom stereocenters. The molecule has 2 saturated heterocycles. The van der Waals surface area contributed by atoms with Gasteiger partial charge in [0.25, 0.3) is 0 Å². The summed E-state index contributed by atoms with van der Waals surface area (Å²) in [5.74, 6) is 0.538. The van der Waals surface area contributed by atoms with E-state index in [4.69, 9.17) is 9.31 Å². The van der Waals surface area contributed by atoms with Crippen LogP contribution in [0, 0.1) is 0 Å². The summed E-state index contributed by atoms with van der Waals surface area (Å²) in [4.78, 5) is 2.34. The predicted molar refractivity (Wildman–Crippen MR) is 61.9 cm³/mol. The van der Waals surface area contributed by atoms with Crippen LogP contribution in [0.1, 0.15) is 34.1 Å². The summed E-state index contributed by atoms with van der Waals surface area (Å²) in [6.07, 6.45) is 1.19. The highest BCUT2D eigenvalue weighted by atomic mass is 16.7. The second kappa shape index (κ2) is 3.47. The van der Waals surface area contributed by atoms with Gasteiger partial charge in [-0.15, -0.1) is 0 Å². The average Bonchev–Trinajstić information content (AvgIpc) is 2.56. The van der Waals surface area contributed by atoms with Crippen LogP contribution in [0.2, 0.25) is 5.82 Å². The summed E-state index contributed by atoms with van der Waals surface area (Å²) in [5.41, 5.74) is -0.363. The Bertz CT molecular complexity index is 239. The molecule has 4 heteroatoms. The minimum atomic E-state index is -0.182. The molecule has 0 aliphatic carbocycles. The maximum atomic E-state index is 6.05. The molecule has 15 heavy (non-hydrogen) atoms. The van der Waals surface area contributed by atoms with Crippen LogP contribution in [0.5, 0.6) is 0 Å². The molecule has 2 fully saturated rings. The number of hydrogen-bond donors (Lipinski definition) is 0. The van der Waals surface area contributed by atoms with Crippen molar-refractivity contribution in [3.8, 4) is 0 Å². The normalized spacial score (nSPS) is 35.0. The van der Waals surface area contributed by atoms with Gasteiger partial charge in [-0.2, -0.15) is 0 Å². The van der Waals surface area contributed by atoms with Crippen LogP contribution in [-0.2, 0) is 9.31 Å². The lowest BCUT2D eigenvalue weighted by molar-refractivity contribution is 0.00578. The molecule has 0 spiro atoms. The van der Waals surface area contributed by atoms with Crippen molar-refractivity contribution in [2.75, 3.05) is 20.1 Å². The van der Waals surface area contributed by atoms with Gasteiger partial charge in [0.05, 0.1) is 11.2 Å². The fourth-order valence-electron chi connectivity index (χ4n) is 2.27. The van der Waals surface area contributed by atoms with Crippen molar-refractivity contribution in [1.29, 1.82) is 0 Å². The summed E-state index contributed by atoms with van der Waals surface area (Å²) in [6, 6.07) is 0. The summed E-state index contributed by atoms with van der Waals surface area (Å²) in [6.45, 7) is 10.7. The third kappa shape index (κ3) is 1.95. The lowest BCUT2D eigenvalue weighted by Gasteiger charge is -2.32. The summed E-state index contributed by atoms with van der Waals surface area (Å²) >= 11 is 0. The van der Waals surface area contributed by atoms with Gasteiger partial charge in [-0.3, -0.25) is 0 Å². The molecular formula is C11H22BNO2. The van der Waals surface area contributed by atoms with Crippen molar-refractivity contribution in [2.45, 2.75) is 51.1 Å². The van der Waals surface area contributed by atoms with Crippen molar-refractivity contribution in [3.05, 3.63) is 0 Å². The molecule has 2 aliphatic heterocycles. The first kappa shape index (κ1) is 11.4. The molecule has 0 aromatic rings. The van der Waals surface area contributed by atoms with Crippen LogP contribution in [0.3, 0.4) is 0 Å². The maximum Gasteiger partial charge on any atom is 0.462 e. The Morgan fingerprint density at radius 2 is 1.67 bits per heavy atom. The first-order valence-corrected chi connectivity index (χ1v) is 5.86. The molecule has 0 saturated carbocycles. The zero-order chi connectivity index (χ0) is 11.3. The number of nitrogens with zero attached hydrogens (tertiary/aromatic N) is 1. The van der Waals surface area contributed by atoms with Crippen LogP contribution in [0.25, 0.3) is 0 Å². The fraction of sp³-hybridized carbons (Fsp3) is 1.00. The number of rotatable bonds is 1. The van der Waals surface area contributed by atoms with Crippen molar-refractivity contribution >= 4 is 7.12 Å². The van der Waals surface area contributed by atoms with Gasteiger partial charge in [-0.05, 0) is 54.3 Å².